The predicted octanol–water partition coefficient (Wildman–Crippen LogP) is 0.425. The van der Waals surface area contributed by atoms with Gasteiger partial charge in [0.2, 0.25) is 0 Å². The summed E-state index contributed by atoms with van der Waals surface area (Å²) >= 11 is 0. The van der Waals surface area contributed by atoms with E-state index in [4.69, 9.17) is 10.8 Å². The number of carbonyl (C=O) groups is 1. The zero-order chi connectivity index (χ0) is 12.3. The number of likely N-dealkylation sites (N-methyl/N-ethyl adjacent to an activating group) is 1. The summed E-state index contributed by atoms with van der Waals surface area (Å²) in [7, 11) is 1.63. The molecular weight excluding hydrogens is 206 g/mol. The number of hydrogen-bond donors (Lipinski definition) is 2. The lowest BCUT2D eigenvalue weighted by atomic mass is 10.1. The van der Waals surface area contributed by atoms with Gasteiger partial charge in [-0.25, -0.2) is 0 Å². The maximum atomic E-state index is 12.0. The second-order valence-electron chi connectivity index (χ2n) is 3.86. The topological polar surface area (TPSA) is 79.5 Å². The van der Waals surface area contributed by atoms with Crippen LogP contribution < -0.4 is 5.73 Å². The fourth-order valence-corrected chi connectivity index (χ4v) is 1.27. The molecule has 88 valence electrons. The van der Waals surface area contributed by atoms with Crippen molar-refractivity contribution < 1.29 is 9.90 Å². The zero-order valence-corrected chi connectivity index (χ0v) is 9.77. The number of aliphatic hydroxyl groups excluding tert-OH is 1. The molecule has 0 aromatic carbocycles. The van der Waals surface area contributed by atoms with Crippen LogP contribution in [0, 0.1) is 6.92 Å². The van der Waals surface area contributed by atoms with E-state index in [1.165, 1.54) is 11.1 Å². The summed E-state index contributed by atoms with van der Waals surface area (Å²) in [6.45, 7) is 3.49. The van der Waals surface area contributed by atoms with Crippen LogP contribution in [0.2, 0.25) is 0 Å². The first kappa shape index (κ1) is 12.4. The molecule has 1 aromatic heterocycles. The van der Waals surface area contributed by atoms with Crippen molar-refractivity contribution in [2.24, 2.45) is 0 Å². The van der Waals surface area contributed by atoms with Crippen molar-refractivity contribution in [2.75, 3.05) is 19.4 Å². The molecule has 16 heavy (non-hydrogen) atoms. The fraction of sp³-hybridized carbons (Fsp3) is 0.455. The molecule has 5 nitrogen and oxygen atoms in total. The molecule has 0 radical (unpaired) electrons. The molecule has 0 aliphatic heterocycles. The molecule has 0 saturated carbocycles. The van der Waals surface area contributed by atoms with E-state index in [2.05, 4.69) is 4.98 Å². The van der Waals surface area contributed by atoms with Crippen LogP contribution in [-0.4, -0.2) is 40.6 Å². The molecule has 0 fully saturated rings. The summed E-state index contributed by atoms with van der Waals surface area (Å²) in [4.78, 5) is 17.5. The minimum Gasteiger partial charge on any atom is -0.398 e. The second-order valence-corrected chi connectivity index (χ2v) is 3.86. The third-order valence-electron chi connectivity index (χ3n) is 2.55. The molecular formula is C11H17N3O2. The summed E-state index contributed by atoms with van der Waals surface area (Å²) in [5.41, 5.74) is 7.30. The maximum absolute atomic E-state index is 12.0. The standard InChI is InChI=1S/C11H17N3O2/c1-7-4-10(12)9(5-13-7)11(16)14(3)8(2)6-15/h4-5,8,15H,6H2,1-3H3,(H2,12,13). The van der Waals surface area contributed by atoms with Crippen LogP contribution in [0.1, 0.15) is 23.0 Å². The van der Waals surface area contributed by atoms with Gasteiger partial charge in [-0.05, 0) is 19.9 Å². The summed E-state index contributed by atoms with van der Waals surface area (Å²) < 4.78 is 0. The molecule has 1 unspecified atom stereocenters. The number of aliphatic hydroxyl groups is 1. The van der Waals surface area contributed by atoms with Gasteiger partial charge < -0.3 is 15.7 Å². The molecule has 3 N–H and O–H groups in total. The molecule has 1 atom stereocenters. The Labute approximate surface area is 94.9 Å². The Morgan fingerprint density at radius 2 is 2.31 bits per heavy atom. The third-order valence-corrected chi connectivity index (χ3v) is 2.55. The lowest BCUT2D eigenvalue weighted by molar-refractivity contribution is 0.0683. The van der Waals surface area contributed by atoms with Crippen molar-refractivity contribution in [2.45, 2.75) is 19.9 Å². The molecule has 0 aliphatic carbocycles. The Bertz CT molecular complexity index is 393. The number of hydrogen-bond acceptors (Lipinski definition) is 4. The predicted molar refractivity (Wildman–Crippen MR) is 62.0 cm³/mol. The van der Waals surface area contributed by atoms with Gasteiger partial charge in [0.05, 0.1) is 18.2 Å². The van der Waals surface area contributed by atoms with E-state index in [-0.39, 0.29) is 18.6 Å². The molecule has 0 spiro atoms. The third kappa shape index (κ3) is 2.49. The number of pyridine rings is 1. The lowest BCUT2D eigenvalue weighted by Crippen LogP contribution is -2.37. The molecule has 5 heteroatoms. The van der Waals surface area contributed by atoms with Gasteiger partial charge in [-0.3, -0.25) is 9.78 Å². The first-order chi connectivity index (χ1) is 7.47. The minimum absolute atomic E-state index is 0.0819. The average molecular weight is 223 g/mol. The van der Waals surface area contributed by atoms with Crippen molar-refractivity contribution in [3.63, 3.8) is 0 Å². The summed E-state index contributed by atoms with van der Waals surface area (Å²) in [6.07, 6.45) is 1.47. The number of nitrogens with zero attached hydrogens (tertiary/aromatic N) is 2. The van der Waals surface area contributed by atoms with Crippen molar-refractivity contribution in [1.29, 1.82) is 0 Å². The Balaban J connectivity index is 2.96. The van der Waals surface area contributed by atoms with E-state index < -0.39 is 0 Å². The van der Waals surface area contributed by atoms with Gasteiger partial charge in [0.1, 0.15) is 0 Å². The van der Waals surface area contributed by atoms with Crippen LogP contribution in [0.25, 0.3) is 0 Å². The van der Waals surface area contributed by atoms with Crippen molar-refractivity contribution >= 4 is 11.6 Å². The molecule has 0 aliphatic rings. The van der Waals surface area contributed by atoms with Gasteiger partial charge in [0, 0.05) is 24.6 Å². The van der Waals surface area contributed by atoms with Gasteiger partial charge >= 0.3 is 0 Å². The van der Waals surface area contributed by atoms with Gasteiger partial charge in [-0.1, -0.05) is 0 Å². The van der Waals surface area contributed by atoms with Crippen molar-refractivity contribution in [3.05, 3.63) is 23.5 Å². The normalized spacial score (nSPS) is 12.2. The van der Waals surface area contributed by atoms with Crippen LogP contribution in [0.3, 0.4) is 0 Å². The Hall–Kier alpha value is -1.62. The summed E-state index contributed by atoms with van der Waals surface area (Å²) in [5.74, 6) is -0.230. The average Bonchev–Trinajstić information content (AvgIpc) is 2.26. The number of anilines is 1. The monoisotopic (exact) mass is 223 g/mol. The Morgan fingerprint density at radius 3 is 2.81 bits per heavy atom. The van der Waals surface area contributed by atoms with Gasteiger partial charge in [0.25, 0.3) is 5.91 Å². The van der Waals surface area contributed by atoms with E-state index in [0.717, 1.165) is 5.69 Å². The highest BCUT2D eigenvalue weighted by Crippen LogP contribution is 2.14. The molecule has 1 heterocycles. The number of carbonyl (C=O) groups excluding carboxylic acids is 1. The molecule has 1 amide bonds. The van der Waals surface area contributed by atoms with E-state index in [1.54, 1.807) is 20.0 Å². The Kier molecular flexibility index (Phi) is 3.84. The zero-order valence-electron chi connectivity index (χ0n) is 9.77. The van der Waals surface area contributed by atoms with Crippen molar-refractivity contribution in [1.82, 2.24) is 9.88 Å². The number of aromatic nitrogens is 1. The van der Waals surface area contributed by atoms with E-state index in [0.29, 0.717) is 11.3 Å². The molecule has 0 bridgehead atoms. The van der Waals surface area contributed by atoms with Crippen LogP contribution >= 0.6 is 0 Å². The van der Waals surface area contributed by atoms with Gasteiger partial charge in [-0.2, -0.15) is 0 Å². The lowest BCUT2D eigenvalue weighted by Gasteiger charge is -2.23. The number of nitrogen functional groups attached to an aromatic ring is 1. The van der Waals surface area contributed by atoms with Gasteiger partial charge in [-0.15, -0.1) is 0 Å². The highest BCUT2D eigenvalue weighted by atomic mass is 16.3. The Morgan fingerprint density at radius 1 is 1.69 bits per heavy atom. The quantitative estimate of drug-likeness (QED) is 0.778. The number of rotatable bonds is 3. The smallest absolute Gasteiger partial charge is 0.257 e. The molecule has 1 rings (SSSR count). The van der Waals surface area contributed by atoms with E-state index in [9.17, 15) is 4.79 Å². The van der Waals surface area contributed by atoms with Crippen molar-refractivity contribution in [3.8, 4) is 0 Å². The first-order valence-corrected chi connectivity index (χ1v) is 5.07. The second kappa shape index (κ2) is 4.94. The number of nitrogens with two attached hydrogens (primary N) is 1. The maximum Gasteiger partial charge on any atom is 0.257 e. The first-order valence-electron chi connectivity index (χ1n) is 5.07. The number of aryl methyl sites for hydroxylation is 1. The molecule has 1 aromatic rings. The van der Waals surface area contributed by atoms with Crippen LogP contribution in [0.5, 0.6) is 0 Å². The SMILES string of the molecule is Cc1cc(N)c(C(=O)N(C)C(C)CO)cn1. The highest BCUT2D eigenvalue weighted by Gasteiger charge is 2.19. The van der Waals surface area contributed by atoms with E-state index in [1.807, 2.05) is 6.92 Å². The molecule has 0 saturated heterocycles. The fourth-order valence-electron chi connectivity index (χ4n) is 1.27. The van der Waals surface area contributed by atoms with Gasteiger partial charge in [0.15, 0.2) is 0 Å². The van der Waals surface area contributed by atoms with Crippen LogP contribution in [0.15, 0.2) is 12.3 Å². The highest BCUT2D eigenvalue weighted by molar-refractivity contribution is 5.98. The van der Waals surface area contributed by atoms with Crippen LogP contribution in [-0.2, 0) is 0 Å². The largest absolute Gasteiger partial charge is 0.398 e. The van der Waals surface area contributed by atoms with E-state index >= 15 is 0 Å². The van der Waals surface area contributed by atoms with Crippen LogP contribution in [0.4, 0.5) is 5.69 Å². The summed E-state index contributed by atoms with van der Waals surface area (Å²) in [6, 6.07) is 1.42. The minimum atomic E-state index is -0.242. The number of amides is 1. The summed E-state index contributed by atoms with van der Waals surface area (Å²) in [5, 5.41) is 8.97.